The summed E-state index contributed by atoms with van der Waals surface area (Å²) in [6.07, 6.45) is 1.82. The molecule has 2 atom stereocenters. The fourth-order valence-corrected chi connectivity index (χ4v) is 5.50. The van der Waals surface area contributed by atoms with E-state index in [1.807, 2.05) is 42.6 Å². The van der Waals surface area contributed by atoms with Gasteiger partial charge in [-0.1, -0.05) is 18.2 Å². The quantitative estimate of drug-likeness (QED) is 0.330. The van der Waals surface area contributed by atoms with Gasteiger partial charge in [0, 0.05) is 29.3 Å². The van der Waals surface area contributed by atoms with Crippen molar-refractivity contribution in [3.63, 3.8) is 0 Å². The summed E-state index contributed by atoms with van der Waals surface area (Å²) in [5, 5.41) is 4.18. The number of ether oxygens (including phenoxy) is 2. The maximum Gasteiger partial charge on any atom is 0.174 e. The van der Waals surface area contributed by atoms with E-state index in [2.05, 4.69) is 65.9 Å². The monoisotopic (exact) mass is 498 g/mol. The summed E-state index contributed by atoms with van der Waals surface area (Å²) < 4.78 is 13.5. The number of rotatable bonds is 6. The van der Waals surface area contributed by atoms with E-state index in [1.165, 1.54) is 11.1 Å². The molecule has 36 heavy (non-hydrogen) atoms. The van der Waals surface area contributed by atoms with Crippen LogP contribution in [0.2, 0.25) is 0 Å². The Hall–Kier alpha value is -3.84. The minimum atomic E-state index is -0.142. The number of nitrogens with zero attached hydrogens (tertiary/aromatic N) is 3. The molecule has 1 aliphatic heterocycles. The third-order valence-corrected chi connectivity index (χ3v) is 7.11. The predicted octanol–water partition coefficient (Wildman–Crippen LogP) is 5.99. The van der Waals surface area contributed by atoms with Crippen LogP contribution in [0.3, 0.4) is 0 Å². The van der Waals surface area contributed by atoms with Gasteiger partial charge in [-0.3, -0.25) is 4.98 Å². The summed E-state index contributed by atoms with van der Waals surface area (Å²) in [4.78, 5) is 6.84. The second kappa shape index (κ2) is 9.66. The van der Waals surface area contributed by atoms with Crippen molar-refractivity contribution >= 4 is 23.0 Å². The molecular formula is C29H30N4O2S. The summed E-state index contributed by atoms with van der Waals surface area (Å²) in [7, 11) is 3.32. The standard InChI is InChI=1S/C29H30N4O2S/c1-18-9-8-10-21(15-18)32-19(2)16-23(20(32)3)28-27(24-11-6-7-14-30-24)31-29(36)33(28)25-13-12-22(34-4)17-26(25)35-5/h6-17,27-28H,1-5H3,(H,31,36)/t27-,28-/m0/s1. The molecule has 0 radical (unpaired) electrons. The second-order valence-corrected chi connectivity index (χ2v) is 9.42. The Kier molecular flexibility index (Phi) is 6.41. The molecule has 1 saturated heterocycles. The SMILES string of the molecule is COc1ccc(N2C(=S)N[C@@H](c3ccccn3)[C@@H]2c2cc(C)n(-c3cccc(C)c3)c2C)c(OC)c1. The van der Waals surface area contributed by atoms with Gasteiger partial charge >= 0.3 is 0 Å². The molecule has 5 rings (SSSR count). The van der Waals surface area contributed by atoms with Gasteiger partial charge in [0.25, 0.3) is 0 Å². The van der Waals surface area contributed by atoms with Crippen LogP contribution in [0, 0.1) is 20.8 Å². The van der Waals surface area contributed by atoms with Gasteiger partial charge in [0.2, 0.25) is 0 Å². The fraction of sp³-hybridized carbons (Fsp3) is 0.241. The van der Waals surface area contributed by atoms with E-state index in [-0.39, 0.29) is 12.1 Å². The number of hydrogen-bond acceptors (Lipinski definition) is 4. The first-order chi connectivity index (χ1) is 17.4. The molecule has 2 aromatic heterocycles. The second-order valence-electron chi connectivity index (χ2n) is 9.04. The average molecular weight is 499 g/mol. The molecule has 1 fully saturated rings. The van der Waals surface area contributed by atoms with Crippen LogP contribution in [0.4, 0.5) is 5.69 Å². The highest BCUT2D eigenvalue weighted by molar-refractivity contribution is 7.80. The molecule has 3 heterocycles. The van der Waals surface area contributed by atoms with E-state index in [0.29, 0.717) is 10.9 Å². The summed E-state index contributed by atoms with van der Waals surface area (Å²) in [5.41, 5.74) is 7.67. The molecule has 4 aromatic rings. The third-order valence-electron chi connectivity index (χ3n) is 6.79. The topological polar surface area (TPSA) is 51.5 Å². The summed E-state index contributed by atoms with van der Waals surface area (Å²) >= 11 is 5.93. The van der Waals surface area contributed by atoms with Crippen LogP contribution in [-0.2, 0) is 0 Å². The fourth-order valence-electron chi connectivity index (χ4n) is 5.17. The normalized spacial score (nSPS) is 17.2. The number of benzene rings is 2. The lowest BCUT2D eigenvalue weighted by atomic mass is 9.96. The highest BCUT2D eigenvalue weighted by atomic mass is 32.1. The van der Waals surface area contributed by atoms with Crippen LogP contribution in [0.1, 0.15) is 40.3 Å². The highest BCUT2D eigenvalue weighted by Crippen LogP contribution is 2.46. The molecule has 184 valence electrons. The molecule has 7 heteroatoms. The van der Waals surface area contributed by atoms with Crippen molar-refractivity contribution in [2.75, 3.05) is 19.1 Å². The molecule has 0 aliphatic carbocycles. The van der Waals surface area contributed by atoms with Crippen LogP contribution in [0.15, 0.2) is 72.9 Å². The Morgan fingerprint density at radius 2 is 1.75 bits per heavy atom. The summed E-state index contributed by atoms with van der Waals surface area (Å²) in [5.74, 6) is 1.42. The van der Waals surface area contributed by atoms with Crippen LogP contribution >= 0.6 is 12.2 Å². The lowest BCUT2D eigenvalue weighted by Gasteiger charge is -2.29. The number of aryl methyl sites for hydroxylation is 2. The molecule has 1 aliphatic rings. The van der Waals surface area contributed by atoms with Gasteiger partial charge in [0.15, 0.2) is 5.11 Å². The zero-order valence-electron chi connectivity index (χ0n) is 21.1. The number of aromatic nitrogens is 2. The van der Waals surface area contributed by atoms with Gasteiger partial charge in [0.05, 0.1) is 37.7 Å². The van der Waals surface area contributed by atoms with E-state index >= 15 is 0 Å². The highest BCUT2D eigenvalue weighted by Gasteiger charge is 2.43. The van der Waals surface area contributed by atoms with Gasteiger partial charge < -0.3 is 24.3 Å². The number of pyridine rings is 1. The lowest BCUT2D eigenvalue weighted by Crippen LogP contribution is -2.30. The van der Waals surface area contributed by atoms with Gasteiger partial charge in [-0.25, -0.2) is 0 Å². The van der Waals surface area contributed by atoms with Crippen molar-refractivity contribution in [1.29, 1.82) is 0 Å². The van der Waals surface area contributed by atoms with E-state index in [1.54, 1.807) is 14.2 Å². The predicted molar refractivity (Wildman–Crippen MR) is 147 cm³/mol. The average Bonchev–Trinajstić information content (AvgIpc) is 3.38. The molecule has 2 aromatic carbocycles. The van der Waals surface area contributed by atoms with Crippen molar-refractivity contribution < 1.29 is 9.47 Å². The number of thiocarbonyl (C=S) groups is 1. The Bertz CT molecular complexity index is 1420. The summed E-state index contributed by atoms with van der Waals surface area (Å²) in [6.45, 7) is 6.44. The Morgan fingerprint density at radius 1 is 0.917 bits per heavy atom. The van der Waals surface area contributed by atoms with Crippen molar-refractivity contribution in [3.05, 3.63) is 101 Å². The Labute approximate surface area is 217 Å². The lowest BCUT2D eigenvalue weighted by molar-refractivity contribution is 0.394. The number of hydrogen-bond donors (Lipinski definition) is 1. The van der Waals surface area contributed by atoms with Crippen LogP contribution in [0.5, 0.6) is 11.5 Å². The zero-order valence-corrected chi connectivity index (χ0v) is 22.0. The van der Waals surface area contributed by atoms with Gasteiger partial charge in [-0.2, -0.15) is 0 Å². The van der Waals surface area contributed by atoms with Crippen LogP contribution < -0.4 is 19.7 Å². The van der Waals surface area contributed by atoms with Crippen molar-refractivity contribution in [2.45, 2.75) is 32.9 Å². The Balaban J connectivity index is 1.70. The van der Waals surface area contributed by atoms with Gasteiger partial charge in [0.1, 0.15) is 11.5 Å². The molecule has 0 unspecified atom stereocenters. The van der Waals surface area contributed by atoms with Gasteiger partial charge in [-0.05, 0) is 86.6 Å². The van der Waals surface area contributed by atoms with E-state index in [9.17, 15) is 0 Å². The molecule has 0 spiro atoms. The van der Waals surface area contributed by atoms with Crippen molar-refractivity contribution in [3.8, 4) is 17.2 Å². The maximum absolute atomic E-state index is 5.93. The number of methoxy groups -OCH3 is 2. The number of anilines is 1. The molecule has 1 N–H and O–H groups in total. The third kappa shape index (κ3) is 4.09. The number of nitrogens with one attached hydrogen (secondary N) is 1. The first kappa shape index (κ1) is 23.9. The molecular weight excluding hydrogens is 468 g/mol. The van der Waals surface area contributed by atoms with E-state index in [0.717, 1.165) is 34.2 Å². The molecule has 6 nitrogen and oxygen atoms in total. The maximum atomic E-state index is 5.93. The van der Waals surface area contributed by atoms with E-state index in [4.69, 9.17) is 26.7 Å². The Morgan fingerprint density at radius 3 is 2.44 bits per heavy atom. The molecule has 0 amide bonds. The minimum Gasteiger partial charge on any atom is -0.497 e. The first-order valence-electron chi connectivity index (χ1n) is 11.9. The zero-order chi connectivity index (χ0) is 25.4. The molecule has 0 bridgehead atoms. The largest absolute Gasteiger partial charge is 0.497 e. The van der Waals surface area contributed by atoms with Crippen LogP contribution in [0.25, 0.3) is 5.69 Å². The van der Waals surface area contributed by atoms with Crippen molar-refractivity contribution in [2.24, 2.45) is 0 Å². The summed E-state index contributed by atoms with van der Waals surface area (Å²) in [6, 6.07) is 22.4. The van der Waals surface area contributed by atoms with Crippen molar-refractivity contribution in [1.82, 2.24) is 14.9 Å². The van der Waals surface area contributed by atoms with Gasteiger partial charge in [-0.15, -0.1) is 0 Å². The minimum absolute atomic E-state index is 0.139. The first-order valence-corrected chi connectivity index (χ1v) is 12.3. The van der Waals surface area contributed by atoms with E-state index < -0.39 is 0 Å². The molecule has 0 saturated carbocycles. The smallest absolute Gasteiger partial charge is 0.174 e. The van der Waals surface area contributed by atoms with Crippen LogP contribution in [-0.4, -0.2) is 28.9 Å².